The monoisotopic (exact) mass is 454 g/mol. The third kappa shape index (κ3) is 5.25. The lowest BCUT2D eigenvalue weighted by Gasteiger charge is -2.31. The third-order valence-corrected chi connectivity index (χ3v) is 5.16. The Hall–Kier alpha value is -3.59. The second-order valence-electron chi connectivity index (χ2n) is 7.36. The summed E-state index contributed by atoms with van der Waals surface area (Å²) in [7, 11) is 0. The highest BCUT2D eigenvalue weighted by Crippen LogP contribution is 2.39. The number of nitrogens with zero attached hydrogens (tertiary/aromatic N) is 3. The molecule has 1 aromatic heterocycles. The molecule has 0 radical (unpaired) electrons. The summed E-state index contributed by atoms with van der Waals surface area (Å²) in [6, 6.07) is 11.2. The normalized spacial score (nSPS) is 13.6. The summed E-state index contributed by atoms with van der Waals surface area (Å²) in [6.45, 7) is 7.49. The van der Waals surface area contributed by atoms with E-state index < -0.39 is 5.91 Å². The largest absolute Gasteiger partial charge is 0.492 e. The molecule has 2 aromatic carbocycles. The highest BCUT2D eigenvalue weighted by atomic mass is 19.1. The van der Waals surface area contributed by atoms with Crippen molar-refractivity contribution < 1.29 is 23.4 Å². The van der Waals surface area contributed by atoms with Gasteiger partial charge in [-0.25, -0.2) is 9.07 Å². The number of carbonyl (C=O) groups excluding carboxylic acids is 1. The molecule has 1 aliphatic heterocycles. The number of hydrogen-bond acceptors (Lipinski definition) is 6. The fourth-order valence-corrected chi connectivity index (χ4v) is 3.64. The lowest BCUT2D eigenvalue weighted by atomic mass is 10.2. The first kappa shape index (κ1) is 22.6. The van der Waals surface area contributed by atoms with E-state index in [-0.39, 0.29) is 11.5 Å². The van der Waals surface area contributed by atoms with Gasteiger partial charge in [0.2, 0.25) is 0 Å². The first-order chi connectivity index (χ1) is 16.1. The van der Waals surface area contributed by atoms with E-state index in [1.54, 1.807) is 30.5 Å². The Morgan fingerprint density at radius 1 is 1.09 bits per heavy atom. The van der Waals surface area contributed by atoms with Crippen LogP contribution in [0, 0.1) is 5.82 Å². The van der Waals surface area contributed by atoms with Gasteiger partial charge in [-0.15, -0.1) is 0 Å². The number of hydrogen-bond donors (Lipinski definition) is 1. The van der Waals surface area contributed by atoms with E-state index >= 15 is 0 Å². The average Bonchev–Trinajstić information content (AvgIpc) is 3.32. The maximum absolute atomic E-state index is 13.5. The maximum Gasteiger partial charge on any atom is 0.276 e. The number of aromatic nitrogens is 2. The summed E-state index contributed by atoms with van der Waals surface area (Å²) < 4.78 is 32.2. The number of carbonyl (C=O) groups is 1. The molecule has 4 rings (SSSR count). The SMILES string of the molecule is CCOc1cc(N2CCOCC2)c(OCC)cc1NC(=O)c1ccn(-c2cccc(F)c2)n1. The van der Waals surface area contributed by atoms with Crippen LogP contribution in [0.1, 0.15) is 24.3 Å². The van der Waals surface area contributed by atoms with Gasteiger partial charge in [-0.2, -0.15) is 5.10 Å². The minimum atomic E-state index is -0.410. The van der Waals surface area contributed by atoms with Gasteiger partial charge in [0, 0.05) is 31.4 Å². The molecule has 1 aliphatic rings. The van der Waals surface area contributed by atoms with Crippen LogP contribution in [-0.4, -0.2) is 55.2 Å². The van der Waals surface area contributed by atoms with Crippen molar-refractivity contribution in [1.82, 2.24) is 9.78 Å². The maximum atomic E-state index is 13.5. The molecular formula is C24H27FN4O4. The molecule has 0 saturated carbocycles. The Morgan fingerprint density at radius 3 is 2.58 bits per heavy atom. The number of ether oxygens (including phenoxy) is 3. The highest BCUT2D eigenvalue weighted by molar-refractivity contribution is 6.04. The summed E-state index contributed by atoms with van der Waals surface area (Å²) in [5, 5.41) is 7.17. The zero-order valence-electron chi connectivity index (χ0n) is 18.7. The molecule has 3 aromatic rings. The van der Waals surface area contributed by atoms with E-state index in [9.17, 15) is 9.18 Å². The van der Waals surface area contributed by atoms with Crippen LogP contribution in [0.4, 0.5) is 15.8 Å². The van der Waals surface area contributed by atoms with Crippen molar-refractivity contribution in [1.29, 1.82) is 0 Å². The number of morpholine rings is 1. The molecule has 0 unspecified atom stereocenters. The number of rotatable bonds is 8. The molecule has 0 aliphatic carbocycles. The van der Waals surface area contributed by atoms with Crippen LogP contribution in [0.5, 0.6) is 11.5 Å². The zero-order chi connectivity index (χ0) is 23.2. The Labute approximate surface area is 191 Å². The van der Waals surface area contributed by atoms with Gasteiger partial charge < -0.3 is 24.4 Å². The van der Waals surface area contributed by atoms with Gasteiger partial charge in [-0.1, -0.05) is 6.07 Å². The van der Waals surface area contributed by atoms with Crippen molar-refractivity contribution in [2.45, 2.75) is 13.8 Å². The highest BCUT2D eigenvalue weighted by Gasteiger charge is 2.21. The number of benzene rings is 2. The van der Waals surface area contributed by atoms with E-state index in [0.717, 1.165) is 18.8 Å². The van der Waals surface area contributed by atoms with Gasteiger partial charge in [-0.3, -0.25) is 4.79 Å². The molecule has 1 N–H and O–H groups in total. The Morgan fingerprint density at radius 2 is 1.85 bits per heavy atom. The smallest absolute Gasteiger partial charge is 0.276 e. The molecule has 174 valence electrons. The van der Waals surface area contributed by atoms with E-state index in [1.807, 2.05) is 19.9 Å². The minimum Gasteiger partial charge on any atom is -0.492 e. The van der Waals surface area contributed by atoms with E-state index in [2.05, 4.69) is 15.3 Å². The minimum absolute atomic E-state index is 0.192. The average molecular weight is 455 g/mol. The summed E-state index contributed by atoms with van der Waals surface area (Å²) in [4.78, 5) is 15.1. The van der Waals surface area contributed by atoms with Crippen LogP contribution in [0.2, 0.25) is 0 Å². The summed E-state index contributed by atoms with van der Waals surface area (Å²) in [6.07, 6.45) is 1.61. The number of amides is 1. The third-order valence-electron chi connectivity index (χ3n) is 5.16. The van der Waals surface area contributed by atoms with Gasteiger partial charge in [-0.05, 0) is 38.1 Å². The predicted molar refractivity (Wildman–Crippen MR) is 123 cm³/mol. The second-order valence-corrected chi connectivity index (χ2v) is 7.36. The van der Waals surface area contributed by atoms with Crippen LogP contribution in [0.15, 0.2) is 48.7 Å². The summed E-state index contributed by atoms with van der Waals surface area (Å²) in [5.74, 6) is 0.413. The van der Waals surface area contributed by atoms with E-state index in [0.29, 0.717) is 49.3 Å². The summed E-state index contributed by atoms with van der Waals surface area (Å²) in [5.41, 5.74) is 2.11. The van der Waals surface area contributed by atoms with Crippen molar-refractivity contribution in [2.24, 2.45) is 0 Å². The molecule has 9 heteroatoms. The number of nitrogens with one attached hydrogen (secondary N) is 1. The zero-order valence-corrected chi connectivity index (χ0v) is 18.7. The van der Waals surface area contributed by atoms with E-state index in [1.165, 1.54) is 16.8 Å². The molecule has 1 fully saturated rings. The molecule has 33 heavy (non-hydrogen) atoms. The molecule has 2 heterocycles. The van der Waals surface area contributed by atoms with Gasteiger partial charge >= 0.3 is 0 Å². The lowest BCUT2D eigenvalue weighted by Crippen LogP contribution is -2.36. The molecule has 8 nitrogen and oxygen atoms in total. The van der Waals surface area contributed by atoms with Crippen molar-refractivity contribution in [3.63, 3.8) is 0 Å². The molecule has 1 saturated heterocycles. The van der Waals surface area contributed by atoms with E-state index in [4.69, 9.17) is 14.2 Å². The first-order valence-corrected chi connectivity index (χ1v) is 11.0. The molecule has 0 spiro atoms. The van der Waals surface area contributed by atoms with Crippen LogP contribution in [0.3, 0.4) is 0 Å². The van der Waals surface area contributed by atoms with Gasteiger partial charge in [0.25, 0.3) is 5.91 Å². The number of anilines is 2. The molecule has 0 bridgehead atoms. The Bertz CT molecular complexity index is 1110. The Balaban J connectivity index is 1.61. The van der Waals surface area contributed by atoms with Gasteiger partial charge in [0.1, 0.15) is 17.3 Å². The fraction of sp³-hybridized carbons (Fsp3) is 0.333. The van der Waals surface area contributed by atoms with Crippen molar-refractivity contribution in [3.05, 3.63) is 60.2 Å². The van der Waals surface area contributed by atoms with Crippen molar-refractivity contribution >= 4 is 17.3 Å². The molecule has 1 amide bonds. The number of halogens is 1. The summed E-state index contributed by atoms with van der Waals surface area (Å²) >= 11 is 0. The van der Waals surface area contributed by atoms with Crippen LogP contribution >= 0.6 is 0 Å². The van der Waals surface area contributed by atoms with Gasteiger partial charge in [0.05, 0.1) is 43.5 Å². The predicted octanol–water partition coefficient (Wildman–Crippen LogP) is 3.90. The van der Waals surface area contributed by atoms with Crippen LogP contribution in [-0.2, 0) is 4.74 Å². The van der Waals surface area contributed by atoms with Crippen LogP contribution < -0.4 is 19.7 Å². The van der Waals surface area contributed by atoms with Crippen molar-refractivity contribution in [3.8, 4) is 17.2 Å². The second kappa shape index (κ2) is 10.4. The first-order valence-electron chi connectivity index (χ1n) is 11.0. The lowest BCUT2D eigenvalue weighted by molar-refractivity contribution is 0.102. The van der Waals surface area contributed by atoms with Crippen LogP contribution in [0.25, 0.3) is 5.69 Å². The quantitative estimate of drug-likeness (QED) is 0.556. The fourth-order valence-electron chi connectivity index (χ4n) is 3.64. The Kier molecular flexibility index (Phi) is 7.09. The standard InChI is InChI=1S/C24H27FN4O4/c1-3-32-22-16-21(28-10-12-31-13-11-28)23(33-4-2)15-20(22)26-24(30)19-8-9-29(27-19)18-7-5-6-17(25)14-18/h5-9,14-16H,3-4,10-13H2,1-2H3,(H,26,30). The molecule has 0 atom stereocenters. The molecular weight excluding hydrogens is 427 g/mol. The topological polar surface area (TPSA) is 77.9 Å². The van der Waals surface area contributed by atoms with Crippen molar-refractivity contribution in [2.75, 3.05) is 49.7 Å². The van der Waals surface area contributed by atoms with Gasteiger partial charge in [0.15, 0.2) is 5.69 Å².